The largest absolute Gasteiger partial charge is 0.360 e. The maximum Gasteiger partial charge on any atom is 0.262 e. The minimum absolute atomic E-state index is 0.0391. The van der Waals surface area contributed by atoms with Crippen molar-refractivity contribution in [1.82, 2.24) is 0 Å². The summed E-state index contributed by atoms with van der Waals surface area (Å²) < 4.78 is 0. The van der Waals surface area contributed by atoms with E-state index in [1.807, 2.05) is 60.7 Å². The molecule has 1 aliphatic rings. The predicted octanol–water partition coefficient (Wildman–Crippen LogP) is 6.41. The molecule has 0 bridgehead atoms. The first-order chi connectivity index (χ1) is 13.4. The van der Waals surface area contributed by atoms with E-state index in [0.29, 0.717) is 10.6 Å². The molecule has 1 N–H and O–H groups in total. The molecular weight excluding hydrogens is 368 g/mol. The van der Waals surface area contributed by atoms with Crippen LogP contribution in [0.5, 0.6) is 0 Å². The number of halogens is 1. The van der Waals surface area contributed by atoms with E-state index in [2.05, 4.69) is 38.2 Å². The second-order valence-electron chi connectivity index (χ2n) is 8.09. The number of nitrogens with zero attached hydrogens (tertiary/aromatic N) is 1. The molecule has 0 fully saturated rings. The molecule has 3 nitrogen and oxygen atoms in total. The smallest absolute Gasteiger partial charge is 0.262 e. The Hall–Kier alpha value is -2.78. The number of amides is 1. The molecule has 0 spiro atoms. The van der Waals surface area contributed by atoms with Crippen LogP contribution in [0.3, 0.4) is 0 Å². The van der Waals surface area contributed by atoms with Gasteiger partial charge in [0.05, 0.1) is 5.56 Å². The third-order valence-corrected chi connectivity index (χ3v) is 5.48. The number of hydrogen-bond acceptors (Lipinski definition) is 2. The molecule has 1 atom stereocenters. The normalized spacial score (nSPS) is 16.5. The molecule has 0 aliphatic carbocycles. The number of nitrogens with one attached hydrogen (secondary N) is 1. The third kappa shape index (κ3) is 3.27. The number of anilines is 2. The summed E-state index contributed by atoms with van der Waals surface area (Å²) in [5.74, 6) is -0.0391. The van der Waals surface area contributed by atoms with Crippen molar-refractivity contribution in [1.29, 1.82) is 0 Å². The van der Waals surface area contributed by atoms with Gasteiger partial charge < -0.3 is 5.32 Å². The molecule has 3 aromatic carbocycles. The number of rotatable bonds is 2. The number of carbonyl (C=O) groups is 1. The number of carbonyl (C=O) groups excluding carboxylic acids is 1. The van der Waals surface area contributed by atoms with Crippen LogP contribution in [0.15, 0.2) is 72.8 Å². The summed E-state index contributed by atoms with van der Waals surface area (Å²) in [6.07, 6.45) is -0.378. The van der Waals surface area contributed by atoms with E-state index in [-0.39, 0.29) is 17.5 Å². The van der Waals surface area contributed by atoms with E-state index in [1.165, 1.54) is 5.56 Å². The van der Waals surface area contributed by atoms with Crippen molar-refractivity contribution >= 4 is 28.9 Å². The molecule has 1 aliphatic heterocycles. The van der Waals surface area contributed by atoms with Gasteiger partial charge in [0.2, 0.25) is 0 Å². The molecule has 0 aromatic heterocycles. The van der Waals surface area contributed by atoms with Crippen molar-refractivity contribution in [3.05, 3.63) is 94.5 Å². The Kier molecular flexibility index (Phi) is 4.64. The number of para-hydroxylation sites is 1. The Bertz CT molecular complexity index is 1020. The molecule has 4 heteroatoms. The summed E-state index contributed by atoms with van der Waals surface area (Å²) in [4.78, 5) is 15.2. The fourth-order valence-electron chi connectivity index (χ4n) is 3.56. The van der Waals surface area contributed by atoms with Crippen LogP contribution >= 0.6 is 11.6 Å². The van der Waals surface area contributed by atoms with E-state index in [1.54, 1.807) is 4.90 Å². The van der Waals surface area contributed by atoms with E-state index in [9.17, 15) is 4.79 Å². The SMILES string of the molecule is CC(C)(C)c1ccc(N2C(=O)c3ccccc3NC2c2ccccc2Cl)cc1. The Morgan fingerprint density at radius 1 is 0.893 bits per heavy atom. The number of fused-ring (bicyclic) bond motifs is 1. The highest BCUT2D eigenvalue weighted by Crippen LogP contribution is 2.39. The zero-order valence-electron chi connectivity index (χ0n) is 16.2. The first-order valence-electron chi connectivity index (χ1n) is 9.40. The Morgan fingerprint density at radius 2 is 1.54 bits per heavy atom. The Balaban J connectivity index is 1.84. The quantitative estimate of drug-likeness (QED) is 0.548. The van der Waals surface area contributed by atoms with Gasteiger partial charge in [0.25, 0.3) is 5.91 Å². The number of hydrogen-bond donors (Lipinski definition) is 1. The zero-order valence-corrected chi connectivity index (χ0v) is 17.0. The average Bonchev–Trinajstić information content (AvgIpc) is 2.68. The monoisotopic (exact) mass is 390 g/mol. The molecule has 28 heavy (non-hydrogen) atoms. The molecule has 0 radical (unpaired) electrons. The van der Waals surface area contributed by atoms with Crippen LogP contribution < -0.4 is 10.2 Å². The molecule has 1 unspecified atom stereocenters. The third-order valence-electron chi connectivity index (χ3n) is 5.14. The van der Waals surface area contributed by atoms with E-state index in [0.717, 1.165) is 16.9 Å². The lowest BCUT2D eigenvalue weighted by atomic mass is 9.87. The first kappa shape index (κ1) is 18.6. The van der Waals surface area contributed by atoms with E-state index >= 15 is 0 Å². The lowest BCUT2D eigenvalue weighted by molar-refractivity contribution is 0.0975. The van der Waals surface area contributed by atoms with Gasteiger partial charge in [-0.05, 0) is 41.3 Å². The number of benzene rings is 3. The molecule has 1 heterocycles. The van der Waals surface area contributed by atoms with E-state index < -0.39 is 0 Å². The minimum atomic E-state index is -0.378. The summed E-state index contributed by atoms with van der Waals surface area (Å²) in [7, 11) is 0. The van der Waals surface area contributed by atoms with Crippen molar-refractivity contribution in [2.75, 3.05) is 10.2 Å². The van der Waals surface area contributed by atoms with Crippen LogP contribution in [0.25, 0.3) is 0 Å². The molecule has 3 aromatic rings. The zero-order chi connectivity index (χ0) is 19.9. The Labute approximate surface area is 171 Å². The fourth-order valence-corrected chi connectivity index (χ4v) is 3.80. The van der Waals surface area contributed by atoms with Crippen LogP contribution in [0.1, 0.15) is 48.4 Å². The van der Waals surface area contributed by atoms with Gasteiger partial charge in [0.1, 0.15) is 6.17 Å². The first-order valence-corrected chi connectivity index (χ1v) is 9.78. The highest BCUT2D eigenvalue weighted by Gasteiger charge is 2.35. The summed E-state index contributed by atoms with van der Waals surface area (Å²) in [6.45, 7) is 6.54. The standard InChI is InChI=1S/C24H23ClN2O/c1-24(2,3)16-12-14-17(15-13-16)27-22(18-8-4-6-10-20(18)25)26-21-11-7-5-9-19(21)23(27)28/h4-15,22,26H,1-3H3. The van der Waals surface area contributed by atoms with Gasteiger partial charge in [-0.15, -0.1) is 0 Å². The lowest BCUT2D eigenvalue weighted by Crippen LogP contribution is -2.43. The molecule has 142 valence electrons. The van der Waals surface area contributed by atoms with Crippen LogP contribution in [-0.2, 0) is 5.41 Å². The van der Waals surface area contributed by atoms with Gasteiger partial charge in [-0.2, -0.15) is 0 Å². The van der Waals surface area contributed by atoms with Crippen LogP contribution in [0.2, 0.25) is 5.02 Å². The molecule has 4 rings (SSSR count). The van der Waals surface area contributed by atoms with Crippen molar-refractivity contribution in [3.8, 4) is 0 Å². The summed E-state index contributed by atoms with van der Waals surface area (Å²) in [6, 6.07) is 23.4. The van der Waals surface area contributed by atoms with Crippen LogP contribution in [-0.4, -0.2) is 5.91 Å². The second-order valence-corrected chi connectivity index (χ2v) is 8.49. The van der Waals surface area contributed by atoms with Crippen molar-refractivity contribution in [2.45, 2.75) is 32.4 Å². The highest BCUT2D eigenvalue weighted by atomic mass is 35.5. The van der Waals surface area contributed by atoms with Gasteiger partial charge in [-0.25, -0.2) is 0 Å². The molecular formula is C24H23ClN2O. The molecule has 1 amide bonds. The second kappa shape index (κ2) is 6.99. The maximum absolute atomic E-state index is 13.4. The fraction of sp³-hybridized carbons (Fsp3) is 0.208. The maximum atomic E-state index is 13.4. The van der Waals surface area contributed by atoms with Crippen LogP contribution in [0.4, 0.5) is 11.4 Å². The van der Waals surface area contributed by atoms with Gasteiger partial charge in [-0.1, -0.05) is 74.8 Å². The van der Waals surface area contributed by atoms with Gasteiger partial charge in [0.15, 0.2) is 0 Å². The van der Waals surface area contributed by atoms with Gasteiger partial charge >= 0.3 is 0 Å². The average molecular weight is 391 g/mol. The topological polar surface area (TPSA) is 32.3 Å². The van der Waals surface area contributed by atoms with Crippen LogP contribution in [0, 0.1) is 0 Å². The van der Waals surface area contributed by atoms with Gasteiger partial charge in [-0.3, -0.25) is 9.69 Å². The summed E-state index contributed by atoms with van der Waals surface area (Å²) >= 11 is 6.49. The van der Waals surface area contributed by atoms with Crippen molar-refractivity contribution in [2.24, 2.45) is 0 Å². The lowest BCUT2D eigenvalue weighted by Gasteiger charge is -2.38. The highest BCUT2D eigenvalue weighted by molar-refractivity contribution is 6.31. The Morgan fingerprint density at radius 3 is 2.21 bits per heavy atom. The van der Waals surface area contributed by atoms with Crippen molar-refractivity contribution in [3.63, 3.8) is 0 Å². The van der Waals surface area contributed by atoms with Crippen molar-refractivity contribution < 1.29 is 4.79 Å². The molecule has 0 saturated heterocycles. The summed E-state index contributed by atoms with van der Waals surface area (Å²) in [5.41, 5.74) is 4.46. The predicted molar refractivity (Wildman–Crippen MR) is 116 cm³/mol. The van der Waals surface area contributed by atoms with E-state index in [4.69, 9.17) is 11.6 Å². The van der Waals surface area contributed by atoms with Gasteiger partial charge in [0, 0.05) is 22.0 Å². The molecule has 0 saturated carbocycles. The summed E-state index contributed by atoms with van der Waals surface area (Å²) in [5, 5.41) is 4.13. The minimum Gasteiger partial charge on any atom is -0.360 e.